The molecular formula is C13H17N5O2. The maximum absolute atomic E-state index is 11.9. The molecule has 2 aromatic rings. The molecule has 0 bridgehead atoms. The van der Waals surface area contributed by atoms with Gasteiger partial charge in [0.25, 0.3) is 5.91 Å². The lowest BCUT2D eigenvalue weighted by atomic mass is 10.0. The summed E-state index contributed by atoms with van der Waals surface area (Å²) in [7, 11) is 0. The largest absolute Gasteiger partial charge is 0.388 e. The number of nitrogens with zero attached hydrogens (tertiary/aromatic N) is 4. The summed E-state index contributed by atoms with van der Waals surface area (Å²) in [6.45, 7) is 3.78. The van der Waals surface area contributed by atoms with E-state index in [4.69, 9.17) is 0 Å². The molecule has 7 heteroatoms. The van der Waals surface area contributed by atoms with Crippen molar-refractivity contribution in [3.8, 4) is 5.69 Å². The second-order valence-corrected chi connectivity index (χ2v) is 4.83. The fourth-order valence-electron chi connectivity index (χ4n) is 1.54. The van der Waals surface area contributed by atoms with Gasteiger partial charge in [0.15, 0.2) is 0 Å². The first-order chi connectivity index (χ1) is 9.52. The Kier molecular flexibility index (Phi) is 4.09. The van der Waals surface area contributed by atoms with Crippen LogP contribution in [0.15, 0.2) is 30.6 Å². The molecule has 0 radical (unpaired) electrons. The highest BCUT2D eigenvalue weighted by Crippen LogP contribution is 2.09. The molecule has 1 amide bonds. The molecule has 0 aliphatic heterocycles. The lowest BCUT2D eigenvalue weighted by Gasteiger charge is -2.21. The molecule has 7 nitrogen and oxygen atoms in total. The lowest BCUT2D eigenvalue weighted by molar-refractivity contribution is 0.0518. The average molecular weight is 275 g/mol. The number of hydrogen-bond acceptors (Lipinski definition) is 5. The molecule has 0 saturated carbocycles. The van der Waals surface area contributed by atoms with Crippen LogP contribution in [-0.4, -0.2) is 43.4 Å². The normalized spacial score (nSPS) is 13.8. The van der Waals surface area contributed by atoms with Crippen LogP contribution >= 0.6 is 0 Å². The fraction of sp³-hybridized carbons (Fsp3) is 0.385. The van der Waals surface area contributed by atoms with Crippen molar-refractivity contribution in [1.29, 1.82) is 0 Å². The SMILES string of the molecule is CCC(C)(O)CNC(=O)c1ccc(-n2cnnn2)cc1. The van der Waals surface area contributed by atoms with E-state index in [0.717, 1.165) is 5.69 Å². The Bertz CT molecular complexity index is 563. The number of carbonyl (C=O) groups excluding carboxylic acids is 1. The highest BCUT2D eigenvalue weighted by molar-refractivity contribution is 5.94. The molecule has 1 unspecified atom stereocenters. The zero-order chi connectivity index (χ0) is 14.6. The van der Waals surface area contributed by atoms with E-state index >= 15 is 0 Å². The van der Waals surface area contributed by atoms with E-state index < -0.39 is 5.60 Å². The number of rotatable bonds is 5. The van der Waals surface area contributed by atoms with E-state index in [2.05, 4.69) is 20.8 Å². The van der Waals surface area contributed by atoms with E-state index in [1.54, 1.807) is 31.2 Å². The number of tetrazole rings is 1. The van der Waals surface area contributed by atoms with Crippen molar-refractivity contribution in [3.63, 3.8) is 0 Å². The van der Waals surface area contributed by atoms with Crippen LogP contribution in [0.5, 0.6) is 0 Å². The van der Waals surface area contributed by atoms with Gasteiger partial charge in [0, 0.05) is 12.1 Å². The molecule has 2 N–H and O–H groups in total. The number of aromatic nitrogens is 4. The molecule has 106 valence electrons. The van der Waals surface area contributed by atoms with Crippen molar-refractivity contribution in [2.45, 2.75) is 25.9 Å². The van der Waals surface area contributed by atoms with Gasteiger partial charge in [-0.05, 0) is 48.0 Å². The molecule has 0 aliphatic rings. The molecule has 0 aliphatic carbocycles. The first-order valence-electron chi connectivity index (χ1n) is 6.36. The first kappa shape index (κ1) is 14.1. The van der Waals surface area contributed by atoms with E-state index in [0.29, 0.717) is 12.0 Å². The highest BCUT2D eigenvalue weighted by Gasteiger charge is 2.18. The van der Waals surface area contributed by atoms with Crippen LogP contribution in [0.3, 0.4) is 0 Å². The third-order valence-corrected chi connectivity index (χ3v) is 3.13. The van der Waals surface area contributed by atoms with Gasteiger partial charge in [-0.25, -0.2) is 4.68 Å². The second-order valence-electron chi connectivity index (χ2n) is 4.83. The molecule has 1 heterocycles. The molecule has 1 aromatic carbocycles. The average Bonchev–Trinajstić information content (AvgIpc) is 2.99. The van der Waals surface area contributed by atoms with Crippen LogP contribution in [-0.2, 0) is 0 Å². The third kappa shape index (κ3) is 3.39. The number of nitrogens with one attached hydrogen (secondary N) is 1. The molecule has 1 aromatic heterocycles. The van der Waals surface area contributed by atoms with Crippen molar-refractivity contribution in [3.05, 3.63) is 36.2 Å². The molecule has 20 heavy (non-hydrogen) atoms. The topological polar surface area (TPSA) is 92.9 Å². The third-order valence-electron chi connectivity index (χ3n) is 3.13. The van der Waals surface area contributed by atoms with Gasteiger partial charge in [0.1, 0.15) is 6.33 Å². The summed E-state index contributed by atoms with van der Waals surface area (Å²) in [5.74, 6) is -0.220. The standard InChI is InChI=1S/C13H17N5O2/c1-3-13(2,20)8-14-12(19)10-4-6-11(7-5-10)18-9-15-16-17-18/h4-7,9,20H,3,8H2,1-2H3,(H,14,19). The second kappa shape index (κ2) is 5.79. The molecular weight excluding hydrogens is 258 g/mol. The van der Waals surface area contributed by atoms with Crippen LogP contribution in [0.1, 0.15) is 30.6 Å². The van der Waals surface area contributed by atoms with Gasteiger partial charge in [-0.1, -0.05) is 6.92 Å². The maximum Gasteiger partial charge on any atom is 0.251 e. The van der Waals surface area contributed by atoms with E-state index in [1.165, 1.54) is 11.0 Å². The summed E-state index contributed by atoms with van der Waals surface area (Å²) in [6.07, 6.45) is 2.05. The van der Waals surface area contributed by atoms with Gasteiger partial charge in [-0.2, -0.15) is 0 Å². The monoisotopic (exact) mass is 275 g/mol. The number of aliphatic hydroxyl groups is 1. The molecule has 1 atom stereocenters. The van der Waals surface area contributed by atoms with Gasteiger partial charge in [0.2, 0.25) is 0 Å². The smallest absolute Gasteiger partial charge is 0.251 e. The summed E-state index contributed by atoms with van der Waals surface area (Å²) < 4.78 is 1.50. The van der Waals surface area contributed by atoms with Crippen molar-refractivity contribution < 1.29 is 9.90 Å². The molecule has 2 rings (SSSR count). The minimum absolute atomic E-state index is 0.219. The van der Waals surface area contributed by atoms with E-state index in [1.807, 2.05) is 6.92 Å². The van der Waals surface area contributed by atoms with Gasteiger partial charge in [-0.3, -0.25) is 4.79 Å². The Labute approximate surface area is 116 Å². The lowest BCUT2D eigenvalue weighted by Crippen LogP contribution is -2.40. The predicted octanol–water partition coefficient (Wildman–Crippen LogP) is 0.553. The number of carbonyl (C=O) groups is 1. The summed E-state index contributed by atoms with van der Waals surface area (Å²) in [5, 5.41) is 23.4. The van der Waals surface area contributed by atoms with Gasteiger partial charge in [-0.15, -0.1) is 5.10 Å². The van der Waals surface area contributed by atoms with Crippen LogP contribution in [0, 0.1) is 0 Å². The quantitative estimate of drug-likeness (QED) is 0.831. The van der Waals surface area contributed by atoms with E-state index in [9.17, 15) is 9.90 Å². The summed E-state index contributed by atoms with van der Waals surface area (Å²) in [6, 6.07) is 6.88. The van der Waals surface area contributed by atoms with Gasteiger partial charge >= 0.3 is 0 Å². The maximum atomic E-state index is 11.9. The van der Waals surface area contributed by atoms with Gasteiger partial charge < -0.3 is 10.4 Å². The summed E-state index contributed by atoms with van der Waals surface area (Å²) in [4.78, 5) is 11.9. The van der Waals surface area contributed by atoms with Crippen molar-refractivity contribution in [2.24, 2.45) is 0 Å². The van der Waals surface area contributed by atoms with Crippen LogP contribution < -0.4 is 5.32 Å². The number of hydrogen-bond donors (Lipinski definition) is 2. The number of amides is 1. The Hall–Kier alpha value is -2.28. The van der Waals surface area contributed by atoms with Crippen molar-refractivity contribution in [2.75, 3.05) is 6.54 Å². The van der Waals surface area contributed by atoms with Crippen LogP contribution in [0.4, 0.5) is 0 Å². The predicted molar refractivity (Wildman–Crippen MR) is 72.4 cm³/mol. The Morgan fingerprint density at radius 1 is 1.40 bits per heavy atom. The summed E-state index contributed by atoms with van der Waals surface area (Å²) >= 11 is 0. The minimum Gasteiger partial charge on any atom is -0.388 e. The zero-order valence-electron chi connectivity index (χ0n) is 11.4. The Balaban J connectivity index is 2.01. The highest BCUT2D eigenvalue weighted by atomic mass is 16.3. The molecule has 0 fully saturated rings. The molecule has 0 spiro atoms. The zero-order valence-corrected chi connectivity index (χ0v) is 11.4. The molecule has 0 saturated heterocycles. The first-order valence-corrected chi connectivity index (χ1v) is 6.36. The van der Waals surface area contributed by atoms with Crippen LogP contribution in [0.25, 0.3) is 5.69 Å². The van der Waals surface area contributed by atoms with Crippen molar-refractivity contribution >= 4 is 5.91 Å². The summed E-state index contributed by atoms with van der Waals surface area (Å²) in [5.41, 5.74) is 0.406. The van der Waals surface area contributed by atoms with Crippen molar-refractivity contribution in [1.82, 2.24) is 25.5 Å². The number of benzene rings is 1. The Morgan fingerprint density at radius 3 is 2.65 bits per heavy atom. The van der Waals surface area contributed by atoms with Gasteiger partial charge in [0.05, 0.1) is 11.3 Å². The van der Waals surface area contributed by atoms with E-state index in [-0.39, 0.29) is 12.5 Å². The Morgan fingerprint density at radius 2 is 2.10 bits per heavy atom. The minimum atomic E-state index is -0.887. The fourth-order valence-corrected chi connectivity index (χ4v) is 1.54. The van der Waals surface area contributed by atoms with Crippen LogP contribution in [0.2, 0.25) is 0 Å².